The third kappa shape index (κ3) is 5.38. The summed E-state index contributed by atoms with van der Waals surface area (Å²) in [6.45, 7) is -0.105. The second-order valence-electron chi connectivity index (χ2n) is 10.6. The Hall–Kier alpha value is -5.21. The van der Waals surface area contributed by atoms with Gasteiger partial charge < -0.3 is 23.8 Å². The number of nitrogens with zero attached hydrogens (tertiary/aromatic N) is 2. The van der Waals surface area contributed by atoms with Gasteiger partial charge in [-0.3, -0.25) is 9.97 Å². The topological polar surface area (TPSA) is 102 Å². The summed E-state index contributed by atoms with van der Waals surface area (Å²) in [5.74, 6) is 2.18. The van der Waals surface area contributed by atoms with Gasteiger partial charge in [-0.05, 0) is 70.4 Å². The molecule has 222 valence electrons. The highest BCUT2D eigenvalue weighted by atomic mass is 35.5. The van der Waals surface area contributed by atoms with Crippen LogP contribution in [0.5, 0.6) is 5.75 Å². The number of halogens is 1. The van der Waals surface area contributed by atoms with Gasteiger partial charge in [0.1, 0.15) is 28.4 Å². The third-order valence-corrected chi connectivity index (χ3v) is 8.07. The zero-order chi connectivity index (χ0) is 30.9. The van der Waals surface area contributed by atoms with Crippen LogP contribution in [0, 0.1) is 0 Å². The summed E-state index contributed by atoms with van der Waals surface area (Å²) >= 11 is 6.30. The fourth-order valence-electron chi connectivity index (χ4n) is 5.55. The first-order valence-corrected chi connectivity index (χ1v) is 14.6. The number of hydrogen-bond donors (Lipinski definition) is 2. The molecule has 0 saturated heterocycles. The number of aromatic nitrogens is 2. The van der Waals surface area contributed by atoms with Gasteiger partial charge in [0.25, 0.3) is 0 Å². The predicted octanol–water partition coefficient (Wildman–Crippen LogP) is 8.94. The summed E-state index contributed by atoms with van der Waals surface area (Å²) in [4.78, 5) is 8.59. The molecule has 4 aromatic heterocycles. The molecule has 0 amide bonds. The average molecular weight is 615 g/mol. The first-order chi connectivity index (χ1) is 22.1. The number of pyridine rings is 2. The van der Waals surface area contributed by atoms with E-state index in [4.69, 9.17) is 25.2 Å². The first-order valence-electron chi connectivity index (χ1n) is 14.3. The molecule has 8 rings (SSSR count). The highest BCUT2D eigenvalue weighted by molar-refractivity contribution is 6.36. The SMILES string of the molecule is COc1cc(CO)cc2c(-c3cc4ccccc4o3)cncc12.OCc1cc(Cl)c2cncc(-c3cc4ccccc4o3)c2c1. The van der Waals surface area contributed by atoms with E-state index in [1.165, 1.54) is 0 Å². The number of hydrogen-bond acceptors (Lipinski definition) is 7. The van der Waals surface area contributed by atoms with E-state index in [0.717, 1.165) is 77.3 Å². The van der Waals surface area contributed by atoms with Crippen molar-refractivity contribution in [3.05, 3.63) is 126 Å². The molecule has 2 N–H and O–H groups in total. The summed E-state index contributed by atoms with van der Waals surface area (Å²) in [6, 6.07) is 27.2. The lowest BCUT2D eigenvalue weighted by Gasteiger charge is -2.10. The minimum atomic E-state index is -0.0580. The Balaban J connectivity index is 0.000000145. The van der Waals surface area contributed by atoms with Crippen molar-refractivity contribution in [1.29, 1.82) is 0 Å². The summed E-state index contributed by atoms with van der Waals surface area (Å²) in [5.41, 5.74) is 4.97. The van der Waals surface area contributed by atoms with Gasteiger partial charge in [-0.25, -0.2) is 0 Å². The van der Waals surface area contributed by atoms with Gasteiger partial charge in [-0.1, -0.05) is 48.0 Å². The van der Waals surface area contributed by atoms with Crippen LogP contribution < -0.4 is 4.74 Å². The van der Waals surface area contributed by atoms with Crippen LogP contribution in [0.15, 0.2) is 119 Å². The summed E-state index contributed by atoms with van der Waals surface area (Å²) in [6.07, 6.45) is 7.03. The number of aliphatic hydroxyl groups is 2. The highest BCUT2D eigenvalue weighted by Gasteiger charge is 2.15. The molecule has 0 radical (unpaired) electrons. The van der Waals surface area contributed by atoms with Gasteiger partial charge in [0.05, 0.1) is 25.3 Å². The molecule has 7 nitrogen and oxygen atoms in total. The lowest BCUT2D eigenvalue weighted by Crippen LogP contribution is -1.92. The number of para-hydroxylation sites is 2. The summed E-state index contributed by atoms with van der Waals surface area (Å²) in [7, 11) is 1.61. The minimum Gasteiger partial charge on any atom is -0.496 e. The molecule has 0 unspecified atom stereocenters. The molecule has 0 atom stereocenters. The minimum absolute atomic E-state index is 0.0474. The van der Waals surface area contributed by atoms with Crippen LogP contribution in [-0.2, 0) is 13.2 Å². The quantitative estimate of drug-likeness (QED) is 0.199. The van der Waals surface area contributed by atoms with Gasteiger partial charge in [-0.2, -0.15) is 0 Å². The van der Waals surface area contributed by atoms with E-state index < -0.39 is 0 Å². The van der Waals surface area contributed by atoms with Crippen molar-refractivity contribution in [2.75, 3.05) is 7.11 Å². The Kier molecular flexibility index (Phi) is 7.65. The van der Waals surface area contributed by atoms with Crippen LogP contribution in [0.1, 0.15) is 11.1 Å². The lowest BCUT2D eigenvalue weighted by atomic mass is 10.0. The molecule has 0 bridgehead atoms. The fraction of sp³-hybridized carbons (Fsp3) is 0.0811. The van der Waals surface area contributed by atoms with Crippen molar-refractivity contribution in [3.63, 3.8) is 0 Å². The monoisotopic (exact) mass is 614 g/mol. The Morgan fingerprint density at radius 3 is 1.67 bits per heavy atom. The van der Waals surface area contributed by atoms with Crippen LogP contribution in [0.25, 0.3) is 66.1 Å². The number of fused-ring (bicyclic) bond motifs is 4. The van der Waals surface area contributed by atoms with Crippen LogP contribution in [-0.4, -0.2) is 27.3 Å². The summed E-state index contributed by atoms with van der Waals surface area (Å²) < 4.78 is 17.3. The van der Waals surface area contributed by atoms with Crippen molar-refractivity contribution < 1.29 is 23.8 Å². The zero-order valence-corrected chi connectivity index (χ0v) is 25.0. The molecule has 0 fully saturated rings. The van der Waals surface area contributed by atoms with Gasteiger partial charge in [0, 0.05) is 57.5 Å². The van der Waals surface area contributed by atoms with Gasteiger partial charge >= 0.3 is 0 Å². The lowest BCUT2D eigenvalue weighted by molar-refractivity contribution is 0.281. The van der Waals surface area contributed by atoms with E-state index in [0.29, 0.717) is 10.8 Å². The predicted molar refractivity (Wildman–Crippen MR) is 177 cm³/mol. The number of aliphatic hydroxyl groups excluding tert-OH is 2. The molecule has 0 aliphatic rings. The van der Waals surface area contributed by atoms with Crippen molar-refractivity contribution in [1.82, 2.24) is 9.97 Å². The molecule has 45 heavy (non-hydrogen) atoms. The molecule has 0 aliphatic carbocycles. The Bertz CT molecular complexity index is 2260. The second kappa shape index (κ2) is 12.1. The number of methoxy groups -OCH3 is 1. The van der Waals surface area contributed by atoms with E-state index >= 15 is 0 Å². The van der Waals surface area contributed by atoms with E-state index in [-0.39, 0.29) is 13.2 Å². The standard InChI is InChI=1S/C19H15NO3.C18H12ClNO2/c1-22-18-7-12(11-21)6-14-15(18)9-20-10-16(14)19-8-13-4-2-3-5-17(13)23-19;19-16-6-11(10-21)5-13-14(16)8-20-9-15(13)18-7-12-3-1-2-4-17(12)22-18/h2-10,21H,11H2,1H3;1-9,21H,10H2. The van der Waals surface area contributed by atoms with E-state index in [9.17, 15) is 10.2 Å². The average Bonchev–Trinajstić information content (AvgIpc) is 3.72. The van der Waals surface area contributed by atoms with E-state index in [1.807, 2.05) is 78.9 Å². The maximum atomic E-state index is 9.50. The van der Waals surface area contributed by atoms with Crippen LogP contribution in [0.2, 0.25) is 5.02 Å². The molecule has 0 aliphatic heterocycles. The molecule has 4 aromatic carbocycles. The fourth-order valence-corrected chi connectivity index (χ4v) is 5.84. The van der Waals surface area contributed by atoms with Crippen LogP contribution in [0.4, 0.5) is 0 Å². The number of ether oxygens (including phenoxy) is 1. The molecule has 4 heterocycles. The zero-order valence-electron chi connectivity index (χ0n) is 24.2. The number of furan rings is 2. The number of rotatable bonds is 5. The third-order valence-electron chi connectivity index (χ3n) is 7.75. The summed E-state index contributed by atoms with van der Waals surface area (Å²) in [5, 5.41) is 25.2. The second-order valence-corrected chi connectivity index (χ2v) is 11.0. The smallest absolute Gasteiger partial charge is 0.137 e. The van der Waals surface area contributed by atoms with Crippen molar-refractivity contribution in [3.8, 4) is 28.4 Å². The van der Waals surface area contributed by atoms with Crippen LogP contribution >= 0.6 is 11.6 Å². The maximum absolute atomic E-state index is 9.50. The molecular formula is C37H27ClN2O5. The first kappa shape index (κ1) is 28.6. The van der Waals surface area contributed by atoms with Crippen LogP contribution in [0.3, 0.4) is 0 Å². The van der Waals surface area contributed by atoms with E-state index in [1.54, 1.807) is 38.0 Å². The van der Waals surface area contributed by atoms with Crippen molar-refractivity contribution in [2.24, 2.45) is 0 Å². The number of benzene rings is 4. The molecule has 0 spiro atoms. The Morgan fingerprint density at radius 2 is 1.13 bits per heavy atom. The highest BCUT2D eigenvalue weighted by Crippen LogP contribution is 2.37. The molecule has 8 aromatic rings. The normalized spacial score (nSPS) is 11.3. The molecule has 8 heteroatoms. The van der Waals surface area contributed by atoms with E-state index in [2.05, 4.69) is 9.97 Å². The Morgan fingerprint density at radius 1 is 0.622 bits per heavy atom. The van der Waals surface area contributed by atoms with Gasteiger partial charge in [0.15, 0.2) is 0 Å². The largest absolute Gasteiger partial charge is 0.496 e. The molecular weight excluding hydrogens is 588 g/mol. The Labute approximate surface area is 262 Å². The van der Waals surface area contributed by atoms with Gasteiger partial charge in [0.2, 0.25) is 0 Å². The maximum Gasteiger partial charge on any atom is 0.137 e. The van der Waals surface area contributed by atoms with Crippen molar-refractivity contribution in [2.45, 2.75) is 13.2 Å². The van der Waals surface area contributed by atoms with Crippen molar-refractivity contribution >= 4 is 55.1 Å². The van der Waals surface area contributed by atoms with Gasteiger partial charge in [-0.15, -0.1) is 0 Å². The molecule has 0 saturated carbocycles.